The van der Waals surface area contributed by atoms with Gasteiger partial charge >= 0.3 is 0 Å². The fourth-order valence-corrected chi connectivity index (χ4v) is 4.80. The maximum atomic E-state index is 13.0. The number of carbonyl (C=O) groups excluding carboxylic acids is 1. The van der Waals surface area contributed by atoms with Crippen molar-refractivity contribution in [3.63, 3.8) is 0 Å². The van der Waals surface area contributed by atoms with Crippen LogP contribution in [0.3, 0.4) is 0 Å². The number of anilines is 1. The van der Waals surface area contributed by atoms with E-state index in [9.17, 15) is 15.0 Å². The highest BCUT2D eigenvalue weighted by Gasteiger charge is 2.47. The number of rotatable bonds is 5. The summed E-state index contributed by atoms with van der Waals surface area (Å²) < 4.78 is 9.13. The Kier molecular flexibility index (Phi) is 5.60. The van der Waals surface area contributed by atoms with Crippen molar-refractivity contribution in [3.8, 4) is 11.3 Å². The summed E-state index contributed by atoms with van der Waals surface area (Å²) in [4.78, 5) is 21.4. The molecule has 4 heterocycles. The Hall–Kier alpha value is -4.32. The lowest BCUT2D eigenvalue weighted by Crippen LogP contribution is -2.42. The van der Waals surface area contributed by atoms with Gasteiger partial charge in [-0.2, -0.15) is 5.10 Å². The van der Waals surface area contributed by atoms with Crippen LogP contribution >= 0.6 is 0 Å². The third-order valence-electron chi connectivity index (χ3n) is 6.68. The fraction of sp³-hybridized carbons (Fsp3) is 0.231. The Labute approximate surface area is 211 Å². The Morgan fingerprint density at radius 1 is 1.11 bits per heavy atom. The molecule has 11 nitrogen and oxygen atoms in total. The minimum Gasteiger partial charge on any atom is -0.387 e. The highest BCUT2D eigenvalue weighted by Crippen LogP contribution is 2.38. The van der Waals surface area contributed by atoms with Gasteiger partial charge in [-0.25, -0.2) is 9.97 Å². The van der Waals surface area contributed by atoms with E-state index in [2.05, 4.69) is 20.4 Å². The highest BCUT2D eigenvalue weighted by atomic mass is 16.6. The number of nitrogen functional groups attached to an aromatic ring is 1. The van der Waals surface area contributed by atoms with E-state index in [0.29, 0.717) is 22.3 Å². The molecule has 1 aliphatic rings. The van der Waals surface area contributed by atoms with Gasteiger partial charge in [0.25, 0.3) is 5.91 Å². The van der Waals surface area contributed by atoms with E-state index in [1.165, 1.54) is 6.33 Å². The van der Waals surface area contributed by atoms with Gasteiger partial charge in [0.1, 0.15) is 30.0 Å². The number of aryl methyl sites for hydroxylation is 1. The molecule has 0 bridgehead atoms. The van der Waals surface area contributed by atoms with Gasteiger partial charge in [0, 0.05) is 31.5 Å². The van der Waals surface area contributed by atoms with Crippen molar-refractivity contribution < 1.29 is 19.7 Å². The van der Waals surface area contributed by atoms with Crippen LogP contribution in [0.2, 0.25) is 0 Å². The molecule has 2 aromatic carbocycles. The van der Waals surface area contributed by atoms with Gasteiger partial charge < -0.3 is 30.6 Å². The summed E-state index contributed by atoms with van der Waals surface area (Å²) >= 11 is 0. The summed E-state index contributed by atoms with van der Waals surface area (Å²) in [6.45, 7) is 0.247. The molecular formula is C26H25N7O4. The molecule has 37 heavy (non-hydrogen) atoms. The number of nitrogens with two attached hydrogens (primary N) is 1. The molecule has 5 N–H and O–H groups in total. The van der Waals surface area contributed by atoms with Crippen LogP contribution in [0.5, 0.6) is 0 Å². The maximum absolute atomic E-state index is 13.0. The molecule has 1 saturated heterocycles. The summed E-state index contributed by atoms with van der Waals surface area (Å²) in [6, 6.07) is 15.7. The zero-order valence-corrected chi connectivity index (χ0v) is 19.9. The predicted molar refractivity (Wildman–Crippen MR) is 136 cm³/mol. The molecule has 188 valence electrons. The van der Waals surface area contributed by atoms with Crippen LogP contribution in [0.4, 0.5) is 5.82 Å². The monoisotopic (exact) mass is 499 g/mol. The van der Waals surface area contributed by atoms with Crippen LogP contribution in [0.25, 0.3) is 33.1 Å². The summed E-state index contributed by atoms with van der Waals surface area (Å²) in [5.41, 5.74) is 8.73. The smallest absolute Gasteiger partial charge is 0.252 e. The first-order valence-electron chi connectivity index (χ1n) is 11.8. The molecule has 1 amide bonds. The molecule has 11 heteroatoms. The van der Waals surface area contributed by atoms with Crippen molar-refractivity contribution in [3.05, 3.63) is 72.8 Å². The van der Waals surface area contributed by atoms with E-state index in [1.807, 2.05) is 48.5 Å². The molecule has 1 aliphatic heterocycles. The molecule has 1 fully saturated rings. The van der Waals surface area contributed by atoms with Crippen LogP contribution in [0.1, 0.15) is 11.8 Å². The predicted octanol–water partition coefficient (Wildman–Crippen LogP) is 1.50. The molecule has 3 aromatic heterocycles. The van der Waals surface area contributed by atoms with E-state index >= 15 is 0 Å². The number of hydrogen-bond donors (Lipinski definition) is 4. The second kappa shape index (κ2) is 8.96. The van der Waals surface area contributed by atoms with Crippen molar-refractivity contribution >= 4 is 33.5 Å². The summed E-state index contributed by atoms with van der Waals surface area (Å²) in [5.74, 6) is -0.292. The number of hydrogen-bond acceptors (Lipinski definition) is 8. The number of nitrogens with one attached hydrogen (secondary N) is 1. The topological polar surface area (TPSA) is 153 Å². The van der Waals surface area contributed by atoms with Gasteiger partial charge in [0.05, 0.1) is 11.1 Å². The number of nitrogens with zero attached hydrogens (tertiary/aromatic N) is 5. The maximum Gasteiger partial charge on any atom is 0.252 e. The van der Waals surface area contributed by atoms with Crippen LogP contribution in [0, 0.1) is 0 Å². The second-order valence-electron chi connectivity index (χ2n) is 9.11. The third-order valence-corrected chi connectivity index (χ3v) is 6.68. The van der Waals surface area contributed by atoms with E-state index < -0.39 is 30.4 Å². The molecule has 0 saturated carbocycles. The molecule has 0 spiro atoms. The zero-order chi connectivity index (χ0) is 25.7. The Bertz CT molecular complexity index is 1630. The number of aliphatic hydroxyl groups excluding tert-OH is 2. The summed E-state index contributed by atoms with van der Waals surface area (Å²) in [6.07, 6.45) is -0.415. The average molecular weight is 500 g/mol. The first-order valence-corrected chi connectivity index (χ1v) is 11.8. The number of fused-ring (bicyclic) bond motifs is 2. The van der Waals surface area contributed by atoms with Gasteiger partial charge in [-0.3, -0.25) is 9.48 Å². The molecule has 0 aliphatic carbocycles. The summed E-state index contributed by atoms with van der Waals surface area (Å²) in [7, 11) is 1.80. The average Bonchev–Trinajstić information content (AvgIpc) is 3.59. The van der Waals surface area contributed by atoms with Gasteiger partial charge in [-0.05, 0) is 28.5 Å². The van der Waals surface area contributed by atoms with Crippen LogP contribution in [0.15, 0.2) is 67.3 Å². The van der Waals surface area contributed by atoms with E-state index in [-0.39, 0.29) is 12.4 Å². The minimum atomic E-state index is -1.45. The Morgan fingerprint density at radius 3 is 2.70 bits per heavy atom. The number of amides is 1. The molecule has 5 aromatic rings. The molecule has 4 atom stereocenters. The molecule has 6 rings (SSSR count). The Morgan fingerprint density at radius 2 is 1.92 bits per heavy atom. The van der Waals surface area contributed by atoms with E-state index in [1.54, 1.807) is 28.7 Å². The third kappa shape index (κ3) is 3.99. The Balaban J connectivity index is 1.26. The SMILES string of the molecule is Cn1ccc(-c2cn([C@@H]3O[C@H](C(=O)NCc4ccc5ccccc5c4)[C@@H](O)[C@H]3O)c3ncnc(N)c23)n1. The van der Waals surface area contributed by atoms with Gasteiger partial charge in [0.2, 0.25) is 0 Å². The molecule has 0 radical (unpaired) electrons. The van der Waals surface area contributed by atoms with Crippen molar-refractivity contribution in [2.75, 3.05) is 5.73 Å². The van der Waals surface area contributed by atoms with E-state index in [4.69, 9.17) is 10.5 Å². The van der Waals surface area contributed by atoms with Crippen molar-refractivity contribution in [2.24, 2.45) is 7.05 Å². The molecule has 0 unspecified atom stereocenters. The van der Waals surface area contributed by atoms with Gasteiger partial charge in [-0.1, -0.05) is 36.4 Å². The quantitative estimate of drug-likeness (QED) is 0.284. The van der Waals surface area contributed by atoms with Gasteiger partial charge in [0.15, 0.2) is 12.3 Å². The van der Waals surface area contributed by atoms with Crippen LogP contribution in [-0.4, -0.2) is 58.7 Å². The largest absolute Gasteiger partial charge is 0.387 e. The zero-order valence-electron chi connectivity index (χ0n) is 19.9. The number of carbonyl (C=O) groups is 1. The number of benzene rings is 2. The second-order valence-corrected chi connectivity index (χ2v) is 9.11. The van der Waals surface area contributed by atoms with Crippen molar-refractivity contribution in [1.29, 1.82) is 0 Å². The number of aromatic nitrogens is 5. The lowest BCUT2D eigenvalue weighted by atomic mass is 10.1. The number of ether oxygens (including phenoxy) is 1. The van der Waals surface area contributed by atoms with Crippen molar-refractivity contribution in [1.82, 2.24) is 29.6 Å². The highest BCUT2D eigenvalue weighted by molar-refractivity contribution is 6.00. The first-order chi connectivity index (χ1) is 17.9. The van der Waals surface area contributed by atoms with Crippen molar-refractivity contribution in [2.45, 2.75) is 31.1 Å². The summed E-state index contributed by atoms with van der Waals surface area (Å²) in [5, 5.41) is 31.6. The molecular weight excluding hydrogens is 474 g/mol. The van der Waals surface area contributed by atoms with Crippen LogP contribution < -0.4 is 11.1 Å². The van der Waals surface area contributed by atoms with Gasteiger partial charge in [-0.15, -0.1) is 0 Å². The fourth-order valence-electron chi connectivity index (χ4n) is 4.80. The standard InChI is InChI=1S/C26H25N7O4/c1-32-9-8-18(31-32)17-12-33(24-19(17)23(27)29-13-30-24)26-21(35)20(34)22(37-26)25(36)28-11-14-6-7-15-4-2-3-5-16(15)10-14/h2-10,12-13,20-22,26,34-35H,11H2,1H3,(H,28,36)(H2,27,29,30)/t20-,21+,22-,26+/m0/s1. The lowest BCUT2D eigenvalue weighted by Gasteiger charge is -2.17. The lowest BCUT2D eigenvalue weighted by molar-refractivity contribution is -0.137. The number of aliphatic hydroxyl groups is 2. The first kappa shape index (κ1) is 23.1. The van der Waals surface area contributed by atoms with E-state index in [0.717, 1.165) is 16.3 Å². The minimum absolute atomic E-state index is 0.238. The van der Waals surface area contributed by atoms with Crippen LogP contribution in [-0.2, 0) is 23.1 Å². The normalized spacial score (nSPS) is 21.6.